The van der Waals surface area contributed by atoms with E-state index in [1.165, 1.54) is 4.88 Å². The van der Waals surface area contributed by atoms with Crippen molar-refractivity contribution in [1.82, 2.24) is 20.1 Å². The first-order valence-corrected chi connectivity index (χ1v) is 19.1. The number of rotatable bonds is 21. The van der Waals surface area contributed by atoms with Crippen LogP contribution in [0.15, 0.2) is 53.5 Å². The Bertz CT molecular complexity index is 1950. The van der Waals surface area contributed by atoms with Crippen LogP contribution < -0.4 is 21.1 Å². The molecule has 0 fully saturated rings. The number of halogens is 1. The molecule has 0 unspecified atom stereocenters. The minimum atomic E-state index is -0.994. The lowest BCUT2D eigenvalue weighted by atomic mass is 9.99. The molecule has 5 N–H and O–H groups in total. The van der Waals surface area contributed by atoms with Crippen molar-refractivity contribution in [3.8, 4) is 10.8 Å². The van der Waals surface area contributed by atoms with Crippen LogP contribution in [0, 0.1) is 20.8 Å². The van der Waals surface area contributed by atoms with Crippen molar-refractivity contribution < 1.29 is 38.4 Å². The number of hydrogen-bond acceptors (Lipinski definition) is 12. The summed E-state index contributed by atoms with van der Waals surface area (Å²) in [6, 6.07) is 13.3. The average molecular weight is 796 g/mol. The van der Waals surface area contributed by atoms with Crippen LogP contribution >= 0.6 is 22.9 Å². The van der Waals surface area contributed by atoms with E-state index < -0.39 is 24.0 Å². The third kappa shape index (κ3) is 11.6. The van der Waals surface area contributed by atoms with Crippen molar-refractivity contribution in [2.45, 2.75) is 52.1 Å². The highest BCUT2D eigenvalue weighted by molar-refractivity contribution is 7.15. The van der Waals surface area contributed by atoms with Crippen LogP contribution in [0.25, 0.3) is 5.00 Å². The highest BCUT2D eigenvalue weighted by Crippen LogP contribution is 2.39. The maximum Gasteiger partial charge on any atom is 0.303 e. The molecule has 2 aromatic carbocycles. The van der Waals surface area contributed by atoms with Crippen LogP contribution in [0.4, 0.5) is 5.69 Å². The maximum atomic E-state index is 13.4. The van der Waals surface area contributed by atoms with Crippen LogP contribution in [-0.4, -0.2) is 102 Å². The number of nitrogens with two attached hydrogens (primary N) is 1. The molecule has 0 bridgehead atoms. The topological polar surface area (TPSA) is 202 Å². The molecule has 2 atom stereocenters. The van der Waals surface area contributed by atoms with Crippen molar-refractivity contribution in [2.75, 3.05) is 58.1 Å². The lowest BCUT2D eigenvalue weighted by Gasteiger charge is -2.13. The number of carboxylic acids is 1. The highest BCUT2D eigenvalue weighted by Gasteiger charge is 2.32. The number of carbonyl (C=O) groups is 3. The third-order valence-corrected chi connectivity index (χ3v) is 10.1. The molecule has 3 heterocycles. The zero-order valence-electron chi connectivity index (χ0n) is 31.0. The van der Waals surface area contributed by atoms with Gasteiger partial charge in [-0.2, -0.15) is 0 Å². The summed E-state index contributed by atoms with van der Waals surface area (Å²) >= 11 is 7.88. The summed E-state index contributed by atoms with van der Waals surface area (Å²) in [6.45, 7) is 8.81. The zero-order valence-corrected chi connectivity index (χ0v) is 32.6. The zero-order chi connectivity index (χ0) is 39.3. The fourth-order valence-corrected chi connectivity index (χ4v) is 7.04. The van der Waals surface area contributed by atoms with Gasteiger partial charge in [0.05, 0.1) is 57.8 Å². The monoisotopic (exact) mass is 795 g/mol. The van der Waals surface area contributed by atoms with E-state index in [0.717, 1.165) is 33.2 Å². The van der Waals surface area contributed by atoms with E-state index in [0.29, 0.717) is 61.9 Å². The van der Waals surface area contributed by atoms with Gasteiger partial charge >= 0.3 is 5.97 Å². The van der Waals surface area contributed by atoms with E-state index in [1.54, 1.807) is 35.6 Å². The molecule has 55 heavy (non-hydrogen) atoms. The number of carbonyl (C=O) groups excluding carboxylic acids is 2. The number of hydrogen-bond donors (Lipinski definition) is 4. The molecule has 1 aliphatic heterocycles. The van der Waals surface area contributed by atoms with Crippen molar-refractivity contribution in [2.24, 2.45) is 10.7 Å². The van der Waals surface area contributed by atoms with E-state index >= 15 is 0 Å². The Hall–Kier alpha value is -4.71. The number of aliphatic imine (C=N–C) groups is 1. The minimum Gasteiger partial charge on any atom is -0.491 e. The van der Waals surface area contributed by atoms with Gasteiger partial charge in [0.1, 0.15) is 29.2 Å². The number of fused-ring (bicyclic) bond motifs is 3. The van der Waals surface area contributed by atoms with Gasteiger partial charge in [0.15, 0.2) is 5.82 Å². The van der Waals surface area contributed by atoms with Gasteiger partial charge in [-0.3, -0.25) is 23.9 Å². The first kappa shape index (κ1) is 41.5. The number of anilines is 1. The smallest absolute Gasteiger partial charge is 0.303 e. The molecule has 5 rings (SSSR count). The lowest BCUT2D eigenvalue weighted by Crippen LogP contribution is -2.42. The number of aliphatic carboxylic acids is 1. The Balaban J connectivity index is 1.01. The molecule has 1 aliphatic rings. The van der Waals surface area contributed by atoms with Gasteiger partial charge in [0.2, 0.25) is 11.8 Å². The summed E-state index contributed by atoms with van der Waals surface area (Å²) in [5, 5.41) is 24.7. The number of benzene rings is 2. The second kappa shape index (κ2) is 20.3. The molecule has 15 nitrogen and oxygen atoms in total. The number of ether oxygens (including phenoxy) is 4. The van der Waals surface area contributed by atoms with Crippen molar-refractivity contribution in [1.29, 1.82) is 0 Å². The molecule has 294 valence electrons. The lowest BCUT2D eigenvalue weighted by molar-refractivity contribution is -0.137. The second-order valence-corrected chi connectivity index (χ2v) is 14.3. The number of thiophene rings is 1. The predicted molar refractivity (Wildman–Crippen MR) is 209 cm³/mol. The highest BCUT2D eigenvalue weighted by atomic mass is 35.5. The van der Waals surface area contributed by atoms with Crippen LogP contribution in [0.1, 0.15) is 58.5 Å². The van der Waals surface area contributed by atoms with Gasteiger partial charge in [-0.15, -0.1) is 21.5 Å². The Labute approximate surface area is 328 Å². The molecule has 17 heteroatoms. The Morgan fingerprint density at radius 1 is 0.927 bits per heavy atom. The Kier molecular flexibility index (Phi) is 15.3. The molecule has 0 radical (unpaired) electrons. The summed E-state index contributed by atoms with van der Waals surface area (Å²) in [4.78, 5) is 42.1. The standard InChI is InChI=1S/C38H46ClN7O8S/c1-23-24(2)55-38-34(23)35(26-4-6-27(39)7-5-26)43-31(36-45-44-25(3)46(36)38)22-32(47)42-28-8-10-29(11-9-28)54-21-20-53-19-18-52-17-16-51-15-14-41-37(50)30(40)12-13-33(48)49/h4-11,30-31H,12-22,40H2,1-3H3,(H,41,50)(H,42,47)(H,48,49)/t30-,31+/m1/s1. The van der Waals surface area contributed by atoms with Crippen LogP contribution in [0.5, 0.6) is 5.75 Å². The van der Waals surface area contributed by atoms with Gasteiger partial charge < -0.3 is 40.4 Å². The molecule has 2 amide bonds. The molecule has 0 aliphatic carbocycles. The van der Waals surface area contributed by atoms with Crippen molar-refractivity contribution in [3.63, 3.8) is 0 Å². The first-order valence-electron chi connectivity index (χ1n) is 17.9. The Morgan fingerprint density at radius 3 is 2.25 bits per heavy atom. The van der Waals surface area contributed by atoms with E-state index in [-0.39, 0.29) is 38.3 Å². The first-order chi connectivity index (χ1) is 26.5. The summed E-state index contributed by atoms with van der Waals surface area (Å²) in [7, 11) is 0. The van der Waals surface area contributed by atoms with E-state index in [2.05, 4.69) is 34.7 Å². The number of aryl methyl sites for hydroxylation is 2. The average Bonchev–Trinajstić information content (AvgIpc) is 3.64. The molecule has 0 saturated carbocycles. The van der Waals surface area contributed by atoms with E-state index in [9.17, 15) is 14.4 Å². The quantitative estimate of drug-likeness (QED) is 0.0862. The molecular weight excluding hydrogens is 750 g/mol. The van der Waals surface area contributed by atoms with Crippen molar-refractivity contribution in [3.05, 3.63) is 86.8 Å². The van der Waals surface area contributed by atoms with E-state index in [1.807, 2.05) is 35.8 Å². The second-order valence-electron chi connectivity index (χ2n) is 12.7. The van der Waals surface area contributed by atoms with Gasteiger partial charge in [-0.05, 0) is 69.2 Å². The van der Waals surface area contributed by atoms with Gasteiger partial charge in [0.25, 0.3) is 0 Å². The molecular formula is C38H46ClN7O8S. The van der Waals surface area contributed by atoms with Crippen LogP contribution in [0.3, 0.4) is 0 Å². The van der Waals surface area contributed by atoms with E-state index in [4.69, 9.17) is 46.4 Å². The normalized spacial score (nSPS) is 14.0. The number of amides is 2. The maximum absolute atomic E-state index is 13.4. The van der Waals surface area contributed by atoms with Gasteiger partial charge in [-0.25, -0.2) is 0 Å². The summed E-state index contributed by atoms with van der Waals surface area (Å²) in [5.74, 6) is 0.355. The fourth-order valence-electron chi connectivity index (χ4n) is 5.70. The SMILES string of the molecule is Cc1sc2c(c1C)C(c1ccc(Cl)cc1)=N[C@@H](CC(=O)Nc1ccc(OCCOCCOCCOCCNC(=O)[C@H](N)CCC(=O)O)cc1)c1nnc(C)n1-2. The van der Waals surface area contributed by atoms with Gasteiger partial charge in [0, 0.05) is 39.7 Å². The number of nitrogens with zero attached hydrogens (tertiary/aromatic N) is 4. The number of nitrogens with one attached hydrogen (secondary N) is 2. The fraction of sp³-hybridized carbons (Fsp3) is 0.421. The summed E-state index contributed by atoms with van der Waals surface area (Å²) in [5.41, 5.74) is 10.1. The molecule has 0 saturated heterocycles. The third-order valence-electron chi connectivity index (χ3n) is 8.67. The summed E-state index contributed by atoms with van der Waals surface area (Å²) < 4.78 is 24.2. The molecule has 0 spiro atoms. The molecule has 4 aromatic rings. The largest absolute Gasteiger partial charge is 0.491 e. The van der Waals surface area contributed by atoms with Crippen LogP contribution in [0.2, 0.25) is 5.02 Å². The van der Waals surface area contributed by atoms with Gasteiger partial charge in [-0.1, -0.05) is 23.7 Å². The Morgan fingerprint density at radius 2 is 1.58 bits per heavy atom. The van der Waals surface area contributed by atoms with Crippen molar-refractivity contribution >= 4 is 52.1 Å². The summed E-state index contributed by atoms with van der Waals surface area (Å²) in [6.07, 6.45) is -0.0225. The predicted octanol–water partition coefficient (Wildman–Crippen LogP) is 4.57. The minimum absolute atomic E-state index is 0.0581. The van der Waals surface area contributed by atoms with Crippen LogP contribution in [-0.2, 0) is 28.6 Å². The number of carboxylic acid groups (broad SMARTS) is 1. The molecule has 2 aromatic heterocycles. The number of aromatic nitrogens is 3.